The Morgan fingerprint density at radius 2 is 1.90 bits per heavy atom. The van der Waals surface area contributed by atoms with E-state index in [0.29, 0.717) is 30.3 Å². The van der Waals surface area contributed by atoms with Crippen LogP contribution in [0.5, 0.6) is 5.88 Å². The van der Waals surface area contributed by atoms with E-state index in [-0.39, 0.29) is 11.8 Å². The molecule has 1 aliphatic heterocycles. The van der Waals surface area contributed by atoms with Gasteiger partial charge in [0.1, 0.15) is 5.56 Å². The van der Waals surface area contributed by atoms with Crippen molar-refractivity contribution >= 4 is 28.8 Å². The summed E-state index contributed by atoms with van der Waals surface area (Å²) in [5.41, 5.74) is 2.87. The van der Waals surface area contributed by atoms with E-state index < -0.39 is 0 Å². The molecule has 2 aromatic heterocycles. The SMILES string of the molecule is COc1ncccc1C(=O)Nc1ccc(Nc2cc(N3CCOCC3)cnn2)cc1. The summed E-state index contributed by atoms with van der Waals surface area (Å²) in [5, 5.41) is 14.3. The second kappa shape index (κ2) is 9.19. The number of nitrogens with zero attached hydrogens (tertiary/aromatic N) is 4. The fourth-order valence-corrected chi connectivity index (χ4v) is 3.12. The van der Waals surface area contributed by atoms with E-state index in [4.69, 9.17) is 9.47 Å². The van der Waals surface area contributed by atoms with Gasteiger partial charge in [-0.3, -0.25) is 4.79 Å². The van der Waals surface area contributed by atoms with Crippen LogP contribution in [0.25, 0.3) is 0 Å². The molecule has 3 aromatic rings. The molecule has 1 fully saturated rings. The molecule has 2 N–H and O–H groups in total. The molecule has 1 aliphatic rings. The minimum Gasteiger partial charge on any atom is -0.480 e. The number of hydrogen-bond donors (Lipinski definition) is 2. The van der Waals surface area contributed by atoms with E-state index in [1.807, 2.05) is 30.3 Å². The van der Waals surface area contributed by atoms with Crippen LogP contribution in [0.3, 0.4) is 0 Å². The standard InChI is InChI=1S/C21H22N6O3/c1-29-21-18(3-2-8-22-21)20(28)25-16-6-4-15(5-7-16)24-19-13-17(14-23-26-19)27-9-11-30-12-10-27/h2-8,13-14H,9-12H2,1H3,(H,24,26)(H,25,28). The Balaban J connectivity index is 1.41. The van der Waals surface area contributed by atoms with Crippen LogP contribution in [0.15, 0.2) is 54.9 Å². The summed E-state index contributed by atoms with van der Waals surface area (Å²) in [6.07, 6.45) is 3.33. The van der Waals surface area contributed by atoms with Crippen molar-refractivity contribution in [3.05, 3.63) is 60.4 Å². The lowest BCUT2D eigenvalue weighted by Crippen LogP contribution is -2.36. The maximum atomic E-state index is 12.5. The predicted molar refractivity (Wildman–Crippen MR) is 114 cm³/mol. The van der Waals surface area contributed by atoms with Crippen molar-refractivity contribution in [2.45, 2.75) is 0 Å². The van der Waals surface area contributed by atoms with Gasteiger partial charge < -0.3 is 25.0 Å². The number of nitrogens with one attached hydrogen (secondary N) is 2. The molecule has 9 heteroatoms. The quantitative estimate of drug-likeness (QED) is 0.644. The number of ether oxygens (including phenoxy) is 2. The molecule has 0 spiro atoms. The Labute approximate surface area is 174 Å². The van der Waals surface area contributed by atoms with E-state index in [0.717, 1.165) is 24.5 Å². The maximum absolute atomic E-state index is 12.5. The predicted octanol–water partition coefficient (Wildman–Crippen LogP) is 2.71. The van der Waals surface area contributed by atoms with Gasteiger partial charge in [-0.05, 0) is 36.4 Å². The third-order valence-corrected chi connectivity index (χ3v) is 4.64. The van der Waals surface area contributed by atoms with Crippen molar-refractivity contribution in [3.63, 3.8) is 0 Å². The largest absolute Gasteiger partial charge is 0.480 e. The van der Waals surface area contributed by atoms with Gasteiger partial charge in [-0.2, -0.15) is 5.10 Å². The first-order valence-electron chi connectivity index (χ1n) is 9.56. The average Bonchev–Trinajstić information content (AvgIpc) is 2.81. The molecule has 3 heterocycles. The number of amides is 1. The highest BCUT2D eigenvalue weighted by atomic mass is 16.5. The zero-order valence-corrected chi connectivity index (χ0v) is 16.5. The smallest absolute Gasteiger partial charge is 0.261 e. The maximum Gasteiger partial charge on any atom is 0.261 e. The van der Waals surface area contributed by atoms with Gasteiger partial charge in [0.25, 0.3) is 5.91 Å². The van der Waals surface area contributed by atoms with E-state index >= 15 is 0 Å². The summed E-state index contributed by atoms with van der Waals surface area (Å²) in [6.45, 7) is 3.09. The Bertz CT molecular complexity index is 1010. The highest BCUT2D eigenvalue weighted by Crippen LogP contribution is 2.22. The van der Waals surface area contributed by atoms with Gasteiger partial charge in [0, 0.05) is 36.7 Å². The van der Waals surface area contributed by atoms with E-state index in [2.05, 4.69) is 30.7 Å². The average molecular weight is 406 g/mol. The molecule has 0 saturated carbocycles. The van der Waals surface area contributed by atoms with Crippen molar-refractivity contribution in [1.82, 2.24) is 15.2 Å². The molecule has 4 rings (SSSR count). The van der Waals surface area contributed by atoms with Crippen molar-refractivity contribution in [2.24, 2.45) is 0 Å². The van der Waals surface area contributed by atoms with Crippen LogP contribution in [0.1, 0.15) is 10.4 Å². The fraction of sp³-hybridized carbons (Fsp3) is 0.238. The van der Waals surface area contributed by atoms with Gasteiger partial charge in [-0.25, -0.2) is 4.98 Å². The Kier molecular flexibility index (Phi) is 6.00. The molecule has 0 radical (unpaired) electrons. The van der Waals surface area contributed by atoms with Crippen LogP contribution in [0.2, 0.25) is 0 Å². The summed E-state index contributed by atoms with van der Waals surface area (Å²) in [6, 6.07) is 12.7. The zero-order valence-electron chi connectivity index (χ0n) is 16.5. The number of rotatable bonds is 6. The topological polar surface area (TPSA) is 102 Å². The summed E-state index contributed by atoms with van der Waals surface area (Å²) in [5.74, 6) is 0.646. The number of anilines is 4. The minimum absolute atomic E-state index is 0.284. The van der Waals surface area contributed by atoms with E-state index in [1.54, 1.807) is 24.5 Å². The van der Waals surface area contributed by atoms with Gasteiger partial charge in [0.2, 0.25) is 5.88 Å². The van der Waals surface area contributed by atoms with E-state index in [9.17, 15) is 4.79 Å². The van der Waals surface area contributed by atoms with Gasteiger partial charge in [0.05, 0.1) is 32.2 Å². The third-order valence-electron chi connectivity index (χ3n) is 4.64. The molecule has 0 unspecified atom stereocenters. The first kappa shape index (κ1) is 19.6. The molecule has 1 aromatic carbocycles. The van der Waals surface area contributed by atoms with Gasteiger partial charge in [-0.15, -0.1) is 5.10 Å². The molecule has 9 nitrogen and oxygen atoms in total. The Morgan fingerprint density at radius 3 is 2.67 bits per heavy atom. The second-order valence-electron chi connectivity index (χ2n) is 6.62. The number of aromatic nitrogens is 3. The molecule has 30 heavy (non-hydrogen) atoms. The van der Waals surface area contributed by atoms with Crippen LogP contribution in [0, 0.1) is 0 Å². The molecule has 0 atom stereocenters. The first-order chi connectivity index (χ1) is 14.7. The van der Waals surface area contributed by atoms with Crippen LogP contribution in [0.4, 0.5) is 22.9 Å². The normalized spacial score (nSPS) is 13.6. The summed E-state index contributed by atoms with van der Waals surface area (Å²) in [4.78, 5) is 18.7. The lowest BCUT2D eigenvalue weighted by molar-refractivity contribution is 0.102. The van der Waals surface area contributed by atoms with Crippen molar-refractivity contribution in [2.75, 3.05) is 48.9 Å². The third kappa shape index (κ3) is 4.64. The zero-order chi connectivity index (χ0) is 20.8. The number of methoxy groups -OCH3 is 1. The van der Waals surface area contributed by atoms with Crippen molar-refractivity contribution in [3.8, 4) is 5.88 Å². The number of morpholine rings is 1. The highest BCUT2D eigenvalue weighted by Gasteiger charge is 2.14. The van der Waals surface area contributed by atoms with Crippen molar-refractivity contribution < 1.29 is 14.3 Å². The number of carbonyl (C=O) groups excluding carboxylic acids is 1. The number of carbonyl (C=O) groups is 1. The lowest BCUT2D eigenvalue weighted by Gasteiger charge is -2.28. The Morgan fingerprint density at radius 1 is 1.13 bits per heavy atom. The molecule has 1 saturated heterocycles. The highest BCUT2D eigenvalue weighted by molar-refractivity contribution is 6.05. The summed E-state index contributed by atoms with van der Waals surface area (Å²) in [7, 11) is 1.48. The number of benzene rings is 1. The fourth-order valence-electron chi connectivity index (χ4n) is 3.12. The molecule has 0 bridgehead atoms. The minimum atomic E-state index is -0.287. The monoisotopic (exact) mass is 406 g/mol. The number of pyridine rings is 1. The first-order valence-corrected chi connectivity index (χ1v) is 9.56. The van der Waals surface area contributed by atoms with Crippen LogP contribution >= 0.6 is 0 Å². The summed E-state index contributed by atoms with van der Waals surface area (Å²) < 4.78 is 10.5. The van der Waals surface area contributed by atoms with Crippen LogP contribution < -0.4 is 20.3 Å². The van der Waals surface area contributed by atoms with Gasteiger partial charge in [-0.1, -0.05) is 0 Å². The Hall–Kier alpha value is -3.72. The molecular weight excluding hydrogens is 384 g/mol. The van der Waals surface area contributed by atoms with E-state index in [1.165, 1.54) is 7.11 Å². The van der Waals surface area contributed by atoms with Gasteiger partial charge in [0.15, 0.2) is 5.82 Å². The molecule has 154 valence electrons. The molecular formula is C21H22N6O3. The van der Waals surface area contributed by atoms with Crippen LogP contribution in [-0.4, -0.2) is 54.5 Å². The molecule has 0 aliphatic carbocycles. The number of hydrogen-bond acceptors (Lipinski definition) is 8. The lowest BCUT2D eigenvalue weighted by atomic mass is 10.2. The van der Waals surface area contributed by atoms with Crippen LogP contribution in [-0.2, 0) is 4.74 Å². The second-order valence-corrected chi connectivity index (χ2v) is 6.62. The van der Waals surface area contributed by atoms with Gasteiger partial charge >= 0.3 is 0 Å². The van der Waals surface area contributed by atoms with Crippen molar-refractivity contribution in [1.29, 1.82) is 0 Å². The molecule has 1 amide bonds. The summed E-state index contributed by atoms with van der Waals surface area (Å²) >= 11 is 0.